The molecule has 0 radical (unpaired) electrons. The third kappa shape index (κ3) is 4.04. The van der Waals surface area contributed by atoms with Crippen molar-refractivity contribution in [3.63, 3.8) is 0 Å². The van der Waals surface area contributed by atoms with Crippen molar-refractivity contribution in [3.05, 3.63) is 0 Å². The molecule has 1 atom stereocenters. The van der Waals surface area contributed by atoms with Crippen molar-refractivity contribution in [2.75, 3.05) is 6.54 Å². The number of nitrogens with one attached hydrogen (secondary N) is 1. The van der Waals surface area contributed by atoms with Crippen molar-refractivity contribution >= 4 is 10.9 Å². The zero-order valence-corrected chi connectivity index (χ0v) is 5.52. The van der Waals surface area contributed by atoms with E-state index in [1.165, 1.54) is 0 Å². The van der Waals surface area contributed by atoms with Crippen LogP contribution < -0.4 is 10.5 Å². The maximum Gasteiger partial charge on any atom is 0.201 e. The summed E-state index contributed by atoms with van der Waals surface area (Å²) in [5.41, 5.74) is 5.09. The predicted octanol–water partition coefficient (Wildman–Crippen LogP) is -1.55. The average Bonchev–Trinajstić information content (AvgIpc) is 1.65. The van der Waals surface area contributed by atoms with Gasteiger partial charge in [0.15, 0.2) is 0 Å². The number of hydrogen-bond acceptors (Lipinski definition) is 3. The minimum atomic E-state index is -2.48. The highest BCUT2D eigenvalue weighted by atomic mass is 32.2. The molecule has 0 amide bonds. The second-order valence-corrected chi connectivity index (χ2v) is 2.30. The Morgan fingerprint density at radius 1 is 1.75 bits per heavy atom. The molecule has 1 unspecified atom stereocenters. The molecule has 0 aromatic rings. The Balaban J connectivity index is 3.39. The van der Waals surface area contributed by atoms with E-state index in [0.717, 1.165) is 0 Å². The van der Waals surface area contributed by atoms with Gasteiger partial charge in [-0.15, -0.1) is 0 Å². The second-order valence-electron chi connectivity index (χ2n) is 1.52. The molecule has 3 N–H and O–H groups in total. The maximum absolute atomic E-state index is 9.84. The van der Waals surface area contributed by atoms with E-state index in [4.69, 9.17) is 5.73 Å². The summed E-state index contributed by atoms with van der Waals surface area (Å²) in [5, 5.41) is 0. The van der Waals surface area contributed by atoms with Crippen LogP contribution in [0.2, 0.25) is 0 Å². The molecule has 0 bridgehead atoms. The molecule has 0 aliphatic rings. The van der Waals surface area contributed by atoms with Gasteiger partial charge in [0.25, 0.3) is 0 Å². The Kier molecular flexibility index (Phi) is 3.76. The van der Waals surface area contributed by atoms with Gasteiger partial charge in [0, 0.05) is 12.6 Å². The fraction of sp³-hybridized carbons (Fsp3) is 1.00. The van der Waals surface area contributed by atoms with Crippen molar-refractivity contribution in [1.29, 1.82) is 0 Å². The Bertz CT molecular complexity index is 114. The summed E-state index contributed by atoms with van der Waals surface area (Å²) in [7, 11) is -2.48. The maximum atomic E-state index is 9.84. The second kappa shape index (κ2) is 3.82. The quantitative estimate of drug-likeness (QED) is 0.413. The minimum absolute atomic E-state index is 0.142. The summed E-state index contributed by atoms with van der Waals surface area (Å²) < 4.78 is 21.9. The van der Waals surface area contributed by atoms with Crippen molar-refractivity contribution in [3.8, 4) is 0 Å². The van der Waals surface area contributed by atoms with Gasteiger partial charge in [-0.25, -0.2) is 13.1 Å². The van der Waals surface area contributed by atoms with Crippen LogP contribution in [-0.2, 0) is 10.9 Å². The Labute approximate surface area is 50.2 Å². The van der Waals surface area contributed by atoms with Crippen LogP contribution in [0.25, 0.3) is 0 Å². The number of thiol groups is 1. The van der Waals surface area contributed by atoms with E-state index >= 15 is 0 Å². The van der Waals surface area contributed by atoms with Crippen LogP contribution in [0.15, 0.2) is 0 Å². The summed E-state index contributed by atoms with van der Waals surface area (Å²) in [6.45, 7) is 2.04. The Hall–Kier alpha value is -0.130. The first-order valence-electron chi connectivity index (χ1n) is 2.27. The lowest BCUT2D eigenvalue weighted by atomic mass is 10.4. The van der Waals surface area contributed by atoms with Gasteiger partial charge < -0.3 is 5.73 Å². The van der Waals surface area contributed by atoms with Crippen LogP contribution in [0.5, 0.6) is 0 Å². The monoisotopic (exact) mass is 138 g/mol. The van der Waals surface area contributed by atoms with Crippen molar-refractivity contribution < 1.29 is 8.42 Å². The summed E-state index contributed by atoms with van der Waals surface area (Å²) in [5.74, 6) is 0. The standard InChI is InChI=1S/C3H10N2O2S/c1-3(2-4)5-8(6)7/h3,8H,2,4H2,1H3,(H,5,6,7). The van der Waals surface area contributed by atoms with Crippen LogP contribution in [-0.4, -0.2) is 21.0 Å². The van der Waals surface area contributed by atoms with Gasteiger partial charge in [0.1, 0.15) is 0 Å². The molecule has 0 aliphatic carbocycles. The van der Waals surface area contributed by atoms with Crippen LogP contribution in [0.3, 0.4) is 0 Å². The molecule has 0 saturated carbocycles. The van der Waals surface area contributed by atoms with Crippen molar-refractivity contribution in [2.24, 2.45) is 5.73 Å². The molecule has 0 spiro atoms. The zero-order chi connectivity index (χ0) is 6.57. The molecule has 0 aromatic heterocycles. The lowest BCUT2D eigenvalue weighted by molar-refractivity contribution is 0.582. The van der Waals surface area contributed by atoms with Crippen LogP contribution in [0.1, 0.15) is 6.92 Å². The van der Waals surface area contributed by atoms with E-state index in [1.807, 2.05) is 0 Å². The summed E-state index contributed by atoms with van der Waals surface area (Å²) in [6, 6.07) is -0.142. The Morgan fingerprint density at radius 2 is 2.25 bits per heavy atom. The number of rotatable bonds is 3. The van der Waals surface area contributed by atoms with Gasteiger partial charge in [-0.1, -0.05) is 0 Å². The molecular weight excluding hydrogens is 128 g/mol. The van der Waals surface area contributed by atoms with E-state index in [2.05, 4.69) is 4.72 Å². The normalized spacial score (nSPS) is 14.4. The predicted molar refractivity (Wildman–Crippen MR) is 32.0 cm³/mol. The van der Waals surface area contributed by atoms with E-state index in [1.54, 1.807) is 6.92 Å². The Morgan fingerprint density at radius 3 is 2.38 bits per heavy atom. The van der Waals surface area contributed by atoms with Crippen molar-refractivity contribution in [2.45, 2.75) is 13.0 Å². The largest absolute Gasteiger partial charge is 0.329 e. The zero-order valence-electron chi connectivity index (χ0n) is 4.63. The van der Waals surface area contributed by atoms with Gasteiger partial charge in [-0.2, -0.15) is 0 Å². The first-order valence-corrected chi connectivity index (χ1v) is 3.45. The van der Waals surface area contributed by atoms with Gasteiger partial charge in [0.2, 0.25) is 10.9 Å². The minimum Gasteiger partial charge on any atom is -0.329 e. The summed E-state index contributed by atoms with van der Waals surface area (Å²) in [4.78, 5) is 0. The summed E-state index contributed by atoms with van der Waals surface area (Å²) >= 11 is 0. The highest BCUT2D eigenvalue weighted by molar-refractivity contribution is 7.70. The third-order valence-electron chi connectivity index (χ3n) is 0.679. The fourth-order valence-corrected chi connectivity index (χ4v) is 0.698. The highest BCUT2D eigenvalue weighted by Crippen LogP contribution is 1.71. The number of nitrogens with two attached hydrogens (primary N) is 1. The first kappa shape index (κ1) is 7.87. The molecule has 0 rings (SSSR count). The number of hydrogen-bond donors (Lipinski definition) is 3. The lowest BCUT2D eigenvalue weighted by Crippen LogP contribution is -2.31. The fourth-order valence-electron chi connectivity index (χ4n) is 0.233. The molecule has 4 nitrogen and oxygen atoms in total. The van der Waals surface area contributed by atoms with Crippen molar-refractivity contribution in [1.82, 2.24) is 4.72 Å². The molecule has 0 fully saturated rings. The first-order chi connectivity index (χ1) is 3.66. The summed E-state index contributed by atoms with van der Waals surface area (Å²) in [6.07, 6.45) is 0. The molecule has 0 aliphatic heterocycles. The lowest BCUT2D eigenvalue weighted by Gasteiger charge is -2.01. The van der Waals surface area contributed by atoms with Gasteiger partial charge in [-0.3, -0.25) is 0 Å². The van der Waals surface area contributed by atoms with Gasteiger partial charge >= 0.3 is 0 Å². The van der Waals surface area contributed by atoms with Crippen LogP contribution in [0.4, 0.5) is 0 Å². The molecular formula is C3H10N2O2S. The van der Waals surface area contributed by atoms with E-state index < -0.39 is 10.9 Å². The van der Waals surface area contributed by atoms with Gasteiger partial charge in [0.05, 0.1) is 0 Å². The smallest absolute Gasteiger partial charge is 0.201 e. The van der Waals surface area contributed by atoms with Crippen LogP contribution >= 0.6 is 0 Å². The van der Waals surface area contributed by atoms with Gasteiger partial charge in [-0.05, 0) is 6.92 Å². The topological polar surface area (TPSA) is 72.2 Å². The average molecular weight is 138 g/mol. The molecule has 0 saturated heterocycles. The molecule has 0 aromatic carbocycles. The molecule has 50 valence electrons. The highest BCUT2D eigenvalue weighted by Gasteiger charge is 1.94. The van der Waals surface area contributed by atoms with E-state index in [-0.39, 0.29) is 6.04 Å². The van der Waals surface area contributed by atoms with Crippen LogP contribution in [0, 0.1) is 0 Å². The molecule has 0 heterocycles. The molecule has 8 heavy (non-hydrogen) atoms. The van der Waals surface area contributed by atoms with E-state index in [9.17, 15) is 8.42 Å². The molecule has 5 heteroatoms. The SMILES string of the molecule is CC(CN)N[SH](=O)=O. The third-order valence-corrected chi connectivity index (χ3v) is 1.33. The van der Waals surface area contributed by atoms with E-state index in [0.29, 0.717) is 6.54 Å².